The fraction of sp³-hybridized carbons (Fsp3) is 0.650. The van der Waals surface area contributed by atoms with Gasteiger partial charge in [0, 0.05) is 37.5 Å². The lowest BCUT2D eigenvalue weighted by atomic mass is 9.99. The molecule has 0 saturated heterocycles. The van der Waals surface area contributed by atoms with E-state index in [1.54, 1.807) is 0 Å². The van der Waals surface area contributed by atoms with E-state index in [9.17, 15) is 0 Å². The average Bonchev–Trinajstić information content (AvgIpc) is 3.28. The first kappa shape index (κ1) is 21.0. The Morgan fingerprint density at radius 3 is 2.67 bits per heavy atom. The molecule has 7 nitrogen and oxygen atoms in total. The van der Waals surface area contributed by atoms with Crippen LogP contribution in [0.1, 0.15) is 70.7 Å². The Morgan fingerprint density at radius 2 is 2.00 bits per heavy atom. The second kappa shape index (κ2) is 10.7. The van der Waals surface area contributed by atoms with Gasteiger partial charge >= 0.3 is 0 Å². The molecule has 0 aliphatic heterocycles. The lowest BCUT2D eigenvalue weighted by Gasteiger charge is -2.11. The highest BCUT2D eigenvalue weighted by atomic mass is 16.5. The van der Waals surface area contributed by atoms with Gasteiger partial charge in [-0.1, -0.05) is 32.9 Å². The molecule has 2 rings (SSSR count). The summed E-state index contributed by atoms with van der Waals surface area (Å²) in [5, 5.41) is 10.8. The maximum Gasteiger partial charge on any atom is 0.192 e. The second-order valence-corrected chi connectivity index (χ2v) is 7.17. The predicted molar refractivity (Wildman–Crippen MR) is 109 cm³/mol. The Balaban J connectivity index is 1.97. The highest BCUT2D eigenvalue weighted by Crippen LogP contribution is 2.22. The van der Waals surface area contributed by atoms with Gasteiger partial charge in [0.15, 0.2) is 11.7 Å². The standard InChI is InChI=1S/C20H34N6O/c1-6-16(7-2)18-11-17(27-25-18)12-23-20(21-8-3)24-13-19-22-9-10-26(19)14-15(4)5/h9-11,15-16H,6-8,12-14H2,1-5H3,(H2,21,23,24). The third-order valence-corrected chi connectivity index (χ3v) is 4.50. The van der Waals surface area contributed by atoms with Crippen LogP contribution in [0, 0.1) is 5.92 Å². The summed E-state index contributed by atoms with van der Waals surface area (Å²) in [5.74, 6) is 3.57. The zero-order valence-corrected chi connectivity index (χ0v) is 17.3. The number of aromatic nitrogens is 3. The largest absolute Gasteiger partial charge is 0.359 e. The molecule has 0 fully saturated rings. The van der Waals surface area contributed by atoms with Crippen molar-refractivity contribution in [3.8, 4) is 0 Å². The molecule has 0 saturated carbocycles. The third kappa shape index (κ3) is 6.41. The van der Waals surface area contributed by atoms with E-state index in [-0.39, 0.29) is 0 Å². The molecule has 2 aromatic heterocycles. The summed E-state index contributed by atoms with van der Waals surface area (Å²) < 4.78 is 7.64. The highest BCUT2D eigenvalue weighted by molar-refractivity contribution is 5.79. The molecule has 27 heavy (non-hydrogen) atoms. The zero-order valence-electron chi connectivity index (χ0n) is 17.3. The number of hydrogen-bond acceptors (Lipinski definition) is 4. The minimum Gasteiger partial charge on any atom is -0.359 e. The van der Waals surface area contributed by atoms with Crippen molar-refractivity contribution in [2.24, 2.45) is 10.9 Å². The quantitative estimate of drug-likeness (QED) is 0.490. The first-order chi connectivity index (χ1) is 13.1. The summed E-state index contributed by atoms with van der Waals surface area (Å²) in [7, 11) is 0. The van der Waals surface area contributed by atoms with Crippen LogP contribution in [0.15, 0.2) is 28.0 Å². The van der Waals surface area contributed by atoms with Crippen molar-refractivity contribution in [2.75, 3.05) is 6.54 Å². The number of aliphatic imine (C=N–C) groups is 1. The summed E-state index contributed by atoms with van der Waals surface area (Å²) >= 11 is 0. The minimum absolute atomic E-state index is 0.462. The fourth-order valence-corrected chi connectivity index (χ4v) is 3.03. The lowest BCUT2D eigenvalue weighted by molar-refractivity contribution is 0.368. The fourth-order valence-electron chi connectivity index (χ4n) is 3.03. The highest BCUT2D eigenvalue weighted by Gasteiger charge is 2.13. The van der Waals surface area contributed by atoms with Crippen LogP contribution in [0.25, 0.3) is 0 Å². The van der Waals surface area contributed by atoms with Gasteiger partial charge in [-0.15, -0.1) is 0 Å². The maximum atomic E-state index is 5.48. The molecule has 0 bridgehead atoms. The Hall–Kier alpha value is -2.31. The average molecular weight is 375 g/mol. The van der Waals surface area contributed by atoms with Crippen LogP contribution in [-0.2, 0) is 19.6 Å². The third-order valence-electron chi connectivity index (χ3n) is 4.50. The number of nitrogens with one attached hydrogen (secondary N) is 2. The predicted octanol–water partition coefficient (Wildman–Crippen LogP) is 3.69. The van der Waals surface area contributed by atoms with E-state index < -0.39 is 0 Å². The van der Waals surface area contributed by atoms with E-state index in [4.69, 9.17) is 4.52 Å². The van der Waals surface area contributed by atoms with Gasteiger partial charge in [0.2, 0.25) is 0 Å². The van der Waals surface area contributed by atoms with Crippen molar-refractivity contribution in [3.05, 3.63) is 35.7 Å². The van der Waals surface area contributed by atoms with Crippen LogP contribution in [0.2, 0.25) is 0 Å². The van der Waals surface area contributed by atoms with E-state index in [1.165, 1.54) is 0 Å². The monoisotopic (exact) mass is 374 g/mol. The summed E-state index contributed by atoms with van der Waals surface area (Å²) in [5.41, 5.74) is 1.04. The summed E-state index contributed by atoms with van der Waals surface area (Å²) in [6, 6.07) is 2.05. The van der Waals surface area contributed by atoms with Crippen molar-refractivity contribution in [3.63, 3.8) is 0 Å². The maximum absolute atomic E-state index is 5.48. The van der Waals surface area contributed by atoms with Gasteiger partial charge in [-0.2, -0.15) is 0 Å². The smallest absolute Gasteiger partial charge is 0.192 e. The van der Waals surface area contributed by atoms with E-state index in [2.05, 4.69) is 65.0 Å². The zero-order chi connectivity index (χ0) is 19.6. The molecule has 0 spiro atoms. The van der Waals surface area contributed by atoms with Gasteiger partial charge < -0.3 is 19.7 Å². The van der Waals surface area contributed by atoms with Crippen LogP contribution in [-0.4, -0.2) is 27.2 Å². The van der Waals surface area contributed by atoms with Gasteiger partial charge in [-0.3, -0.25) is 0 Å². The summed E-state index contributed by atoms with van der Waals surface area (Å²) in [6.45, 7) is 13.6. The van der Waals surface area contributed by atoms with Gasteiger partial charge in [-0.05, 0) is 25.7 Å². The first-order valence-electron chi connectivity index (χ1n) is 10.0. The molecule has 0 amide bonds. The van der Waals surface area contributed by atoms with Crippen molar-refractivity contribution in [1.82, 2.24) is 25.3 Å². The topological polar surface area (TPSA) is 80.3 Å². The van der Waals surface area contributed by atoms with Crippen LogP contribution in [0.3, 0.4) is 0 Å². The molecule has 7 heteroatoms. The van der Waals surface area contributed by atoms with Crippen molar-refractivity contribution in [2.45, 2.75) is 73.0 Å². The van der Waals surface area contributed by atoms with Gasteiger partial charge in [0.25, 0.3) is 0 Å². The van der Waals surface area contributed by atoms with Crippen LogP contribution in [0.4, 0.5) is 0 Å². The molecule has 2 aromatic rings. The van der Waals surface area contributed by atoms with E-state index in [0.717, 1.165) is 49.2 Å². The summed E-state index contributed by atoms with van der Waals surface area (Å²) in [6.07, 6.45) is 5.99. The van der Waals surface area contributed by atoms with E-state index in [1.807, 2.05) is 18.5 Å². The van der Waals surface area contributed by atoms with Gasteiger partial charge in [0.1, 0.15) is 12.4 Å². The molecule has 0 aliphatic rings. The van der Waals surface area contributed by atoms with Gasteiger partial charge in [0.05, 0.1) is 12.2 Å². The SMILES string of the molecule is CCNC(=NCc1nccn1CC(C)C)NCc1cc(C(CC)CC)no1. The minimum atomic E-state index is 0.462. The second-order valence-electron chi connectivity index (χ2n) is 7.17. The van der Waals surface area contributed by atoms with Crippen molar-refractivity contribution < 1.29 is 4.52 Å². The molecule has 2 N–H and O–H groups in total. The molecule has 150 valence electrons. The number of imidazole rings is 1. The first-order valence-corrected chi connectivity index (χ1v) is 10.0. The Bertz CT molecular complexity index is 699. The van der Waals surface area contributed by atoms with Crippen molar-refractivity contribution >= 4 is 5.96 Å². The van der Waals surface area contributed by atoms with Gasteiger partial charge in [-0.25, -0.2) is 9.98 Å². The van der Waals surface area contributed by atoms with E-state index in [0.29, 0.717) is 24.9 Å². The molecule has 0 unspecified atom stereocenters. The molecular weight excluding hydrogens is 340 g/mol. The lowest BCUT2D eigenvalue weighted by Crippen LogP contribution is -2.36. The number of hydrogen-bond donors (Lipinski definition) is 2. The van der Waals surface area contributed by atoms with Crippen LogP contribution >= 0.6 is 0 Å². The Kier molecular flexibility index (Phi) is 8.36. The molecule has 0 aliphatic carbocycles. The van der Waals surface area contributed by atoms with Crippen LogP contribution in [0.5, 0.6) is 0 Å². The Labute approximate surface area is 162 Å². The normalized spacial score (nSPS) is 12.2. The van der Waals surface area contributed by atoms with E-state index >= 15 is 0 Å². The van der Waals surface area contributed by atoms with Crippen molar-refractivity contribution in [1.29, 1.82) is 0 Å². The number of rotatable bonds is 10. The molecule has 2 heterocycles. The molecule has 0 aromatic carbocycles. The Morgan fingerprint density at radius 1 is 1.22 bits per heavy atom. The van der Waals surface area contributed by atoms with Crippen LogP contribution < -0.4 is 10.6 Å². The number of nitrogens with zero attached hydrogens (tertiary/aromatic N) is 4. The molecule has 0 radical (unpaired) electrons. The summed E-state index contributed by atoms with van der Waals surface area (Å²) in [4.78, 5) is 9.10. The molecular formula is C20H34N6O. The molecule has 0 atom stereocenters. The number of guanidine groups is 1.